The molecule has 0 saturated carbocycles. The molecule has 1 aromatic carbocycles. The number of hydrogen-bond acceptors (Lipinski definition) is 1. The van der Waals surface area contributed by atoms with E-state index in [1.807, 2.05) is 6.07 Å². The van der Waals surface area contributed by atoms with Crippen LogP contribution in [-0.4, -0.2) is 5.75 Å². The third-order valence-corrected chi connectivity index (χ3v) is 1.47. The van der Waals surface area contributed by atoms with Crippen molar-refractivity contribution in [1.29, 1.82) is 0 Å². The average Bonchev–Trinajstić information content (AvgIpc) is 1.91. The molecule has 0 bridgehead atoms. The van der Waals surface area contributed by atoms with Crippen molar-refractivity contribution in [2.75, 3.05) is 5.75 Å². The van der Waals surface area contributed by atoms with Crippen LogP contribution in [0.4, 0.5) is 0 Å². The number of aryl methyl sites for hydroxylation is 1. The lowest BCUT2D eigenvalue weighted by Gasteiger charge is -1.93. The molecule has 0 aliphatic heterocycles. The van der Waals surface area contributed by atoms with E-state index in [2.05, 4.69) is 36.9 Å². The molecule has 0 saturated heterocycles. The number of hydrogen-bond donors (Lipinski definition) is 1. The van der Waals surface area contributed by atoms with E-state index in [0.717, 1.165) is 12.2 Å². The molecule has 56 valence electrons. The minimum Gasteiger partial charge on any atom is -0.179 e. The molecular weight excluding hydrogens is 208 g/mol. The Balaban J connectivity index is 0.000000810. The number of rotatable bonds is 2. The zero-order chi connectivity index (χ0) is 6.53. The lowest BCUT2D eigenvalue weighted by atomic mass is 10.2. The van der Waals surface area contributed by atoms with E-state index >= 15 is 0 Å². The van der Waals surface area contributed by atoms with Crippen molar-refractivity contribution in [3.63, 3.8) is 0 Å². The van der Waals surface area contributed by atoms with Crippen molar-refractivity contribution in [1.82, 2.24) is 0 Å². The average molecular weight is 219 g/mol. The summed E-state index contributed by atoms with van der Waals surface area (Å²) in [6, 6.07) is 10.4. The smallest absolute Gasteiger partial charge is 0.00574 e. The molecule has 10 heavy (non-hydrogen) atoms. The van der Waals surface area contributed by atoms with Gasteiger partial charge < -0.3 is 0 Å². The van der Waals surface area contributed by atoms with Gasteiger partial charge in [-0.2, -0.15) is 12.6 Å². The zero-order valence-corrected chi connectivity index (χ0v) is 8.26. The van der Waals surface area contributed by atoms with E-state index < -0.39 is 0 Å². The molecule has 0 aliphatic rings. The summed E-state index contributed by atoms with van der Waals surface area (Å²) in [7, 11) is 0. The van der Waals surface area contributed by atoms with E-state index in [1.165, 1.54) is 5.56 Å². The molecule has 0 aromatic heterocycles. The Labute approximate surface area is 77.8 Å². The van der Waals surface area contributed by atoms with Gasteiger partial charge in [0, 0.05) is 0 Å². The molecule has 0 spiro atoms. The van der Waals surface area contributed by atoms with Gasteiger partial charge in [0.1, 0.15) is 0 Å². The Kier molecular flexibility index (Phi) is 5.84. The topological polar surface area (TPSA) is 0 Å². The third kappa shape index (κ3) is 3.28. The van der Waals surface area contributed by atoms with E-state index in [4.69, 9.17) is 0 Å². The number of benzene rings is 1. The summed E-state index contributed by atoms with van der Waals surface area (Å²) in [5.74, 6) is 0.935. The van der Waals surface area contributed by atoms with Crippen LogP contribution in [0.25, 0.3) is 0 Å². The summed E-state index contributed by atoms with van der Waals surface area (Å²) in [5, 5.41) is 0. The van der Waals surface area contributed by atoms with Crippen molar-refractivity contribution in [2.45, 2.75) is 6.42 Å². The molecule has 0 amide bonds. The first kappa shape index (κ1) is 10.0. The Morgan fingerprint density at radius 3 is 2.20 bits per heavy atom. The Hall–Kier alpha value is 0.0500. The predicted molar refractivity (Wildman–Crippen MR) is 54.3 cm³/mol. The first-order valence-electron chi connectivity index (χ1n) is 3.08. The summed E-state index contributed by atoms with van der Waals surface area (Å²) >= 11 is 4.13. The van der Waals surface area contributed by atoms with E-state index in [0.29, 0.717) is 0 Å². The molecule has 1 aromatic rings. The van der Waals surface area contributed by atoms with Gasteiger partial charge in [-0.15, -0.1) is 17.0 Å². The van der Waals surface area contributed by atoms with Crippen molar-refractivity contribution >= 4 is 29.6 Å². The van der Waals surface area contributed by atoms with Gasteiger partial charge in [-0.1, -0.05) is 30.3 Å². The maximum absolute atomic E-state index is 4.13. The summed E-state index contributed by atoms with van der Waals surface area (Å²) in [6.45, 7) is 0. The van der Waals surface area contributed by atoms with Crippen LogP contribution in [0.3, 0.4) is 0 Å². The van der Waals surface area contributed by atoms with Gasteiger partial charge in [-0.3, -0.25) is 0 Å². The molecule has 0 unspecified atom stereocenters. The molecule has 0 atom stereocenters. The lowest BCUT2D eigenvalue weighted by molar-refractivity contribution is 1.16. The van der Waals surface area contributed by atoms with Crippen LogP contribution in [0.15, 0.2) is 30.3 Å². The van der Waals surface area contributed by atoms with Crippen LogP contribution in [-0.2, 0) is 6.42 Å². The van der Waals surface area contributed by atoms with Crippen LogP contribution in [0.2, 0.25) is 0 Å². The zero-order valence-electron chi connectivity index (χ0n) is 5.66. The fraction of sp³-hybridized carbons (Fsp3) is 0.250. The molecule has 0 fully saturated rings. The monoisotopic (exact) mass is 218 g/mol. The highest BCUT2D eigenvalue weighted by atomic mass is 79.9. The first-order chi connectivity index (χ1) is 4.43. The van der Waals surface area contributed by atoms with Crippen molar-refractivity contribution in [2.24, 2.45) is 0 Å². The summed E-state index contributed by atoms with van der Waals surface area (Å²) in [5.41, 5.74) is 1.37. The fourth-order valence-electron chi connectivity index (χ4n) is 0.774. The SMILES string of the molecule is Br.SCCc1ccccc1. The van der Waals surface area contributed by atoms with Crippen molar-refractivity contribution < 1.29 is 0 Å². The largest absolute Gasteiger partial charge is 0.179 e. The summed E-state index contributed by atoms with van der Waals surface area (Å²) < 4.78 is 0. The molecule has 0 heterocycles. The lowest BCUT2D eigenvalue weighted by Crippen LogP contribution is -1.82. The Bertz CT molecular complexity index is 162. The second-order valence-electron chi connectivity index (χ2n) is 1.96. The second kappa shape index (κ2) is 5.81. The van der Waals surface area contributed by atoms with E-state index in [9.17, 15) is 0 Å². The molecule has 2 heteroatoms. The van der Waals surface area contributed by atoms with Gasteiger partial charge in [0.05, 0.1) is 0 Å². The quantitative estimate of drug-likeness (QED) is 0.726. The maximum Gasteiger partial charge on any atom is -0.00574 e. The van der Waals surface area contributed by atoms with Crippen LogP contribution < -0.4 is 0 Å². The van der Waals surface area contributed by atoms with Gasteiger partial charge in [0.25, 0.3) is 0 Å². The first-order valence-corrected chi connectivity index (χ1v) is 3.71. The number of thiol groups is 1. The highest BCUT2D eigenvalue weighted by Crippen LogP contribution is 1.99. The molecule has 0 aliphatic carbocycles. The van der Waals surface area contributed by atoms with E-state index in [-0.39, 0.29) is 17.0 Å². The maximum atomic E-state index is 4.13. The van der Waals surface area contributed by atoms with E-state index in [1.54, 1.807) is 0 Å². The third-order valence-electron chi connectivity index (χ3n) is 1.24. The minimum atomic E-state index is 0. The van der Waals surface area contributed by atoms with Crippen molar-refractivity contribution in [3.05, 3.63) is 35.9 Å². The summed E-state index contributed by atoms with van der Waals surface area (Å²) in [6.07, 6.45) is 1.07. The highest BCUT2D eigenvalue weighted by molar-refractivity contribution is 8.93. The molecule has 0 nitrogen and oxygen atoms in total. The van der Waals surface area contributed by atoms with Crippen LogP contribution in [0, 0.1) is 0 Å². The molecule has 0 radical (unpaired) electrons. The van der Waals surface area contributed by atoms with Crippen LogP contribution in [0.1, 0.15) is 5.56 Å². The molecule has 1 rings (SSSR count). The molecule has 0 N–H and O–H groups in total. The highest BCUT2D eigenvalue weighted by Gasteiger charge is 1.84. The van der Waals surface area contributed by atoms with Gasteiger partial charge >= 0.3 is 0 Å². The van der Waals surface area contributed by atoms with Gasteiger partial charge in [0.15, 0.2) is 0 Å². The predicted octanol–water partition coefficient (Wildman–Crippen LogP) is 2.74. The van der Waals surface area contributed by atoms with Gasteiger partial charge in [-0.25, -0.2) is 0 Å². The van der Waals surface area contributed by atoms with Crippen molar-refractivity contribution in [3.8, 4) is 0 Å². The van der Waals surface area contributed by atoms with Crippen LogP contribution >= 0.6 is 29.6 Å². The summed E-state index contributed by atoms with van der Waals surface area (Å²) in [4.78, 5) is 0. The second-order valence-corrected chi connectivity index (χ2v) is 2.41. The van der Waals surface area contributed by atoms with Gasteiger partial charge in [0.2, 0.25) is 0 Å². The molecular formula is C8H11BrS. The normalized spacial score (nSPS) is 8.50. The van der Waals surface area contributed by atoms with Gasteiger partial charge in [-0.05, 0) is 17.7 Å². The Morgan fingerprint density at radius 1 is 1.10 bits per heavy atom. The number of halogens is 1. The Morgan fingerprint density at radius 2 is 1.70 bits per heavy atom. The standard InChI is InChI=1S/C8H10S.BrH/c9-7-6-8-4-2-1-3-5-8;/h1-5,9H,6-7H2;1H. The fourth-order valence-corrected chi connectivity index (χ4v) is 1.03. The van der Waals surface area contributed by atoms with Crippen LogP contribution in [0.5, 0.6) is 0 Å². The minimum absolute atomic E-state index is 0.